The number of tetrazole rings is 1. The normalized spacial score (nSPS) is 10.4. The van der Waals surface area contributed by atoms with Gasteiger partial charge in [-0.3, -0.25) is 4.79 Å². The molecule has 0 atom stereocenters. The van der Waals surface area contributed by atoms with Gasteiger partial charge in [0, 0.05) is 12.1 Å². The topological polar surface area (TPSA) is 81.9 Å². The molecule has 0 fully saturated rings. The minimum Gasteiger partial charge on any atom is -0.494 e. The highest BCUT2D eigenvalue weighted by Gasteiger charge is 2.07. The summed E-state index contributed by atoms with van der Waals surface area (Å²) in [5.41, 5.74) is 2.74. The third-order valence-electron chi connectivity index (χ3n) is 3.66. The van der Waals surface area contributed by atoms with Crippen molar-refractivity contribution < 1.29 is 9.53 Å². The zero-order valence-electron chi connectivity index (χ0n) is 13.9. The van der Waals surface area contributed by atoms with Crippen LogP contribution in [0, 0.1) is 0 Å². The summed E-state index contributed by atoms with van der Waals surface area (Å²) in [6.07, 6.45) is 1.84. The molecule has 0 saturated carbocycles. The molecule has 25 heavy (non-hydrogen) atoms. The largest absolute Gasteiger partial charge is 0.494 e. The summed E-state index contributed by atoms with van der Waals surface area (Å²) < 4.78 is 7.13. The Labute approximate surface area is 145 Å². The van der Waals surface area contributed by atoms with Crippen LogP contribution in [0.15, 0.2) is 54.9 Å². The Kier molecular flexibility index (Phi) is 5.36. The standard InChI is InChI=1S/C18H19N5O2/c1-2-25-17-6-4-3-5-15(17)12-19-18(24)11-14-7-9-16(10-8-14)23-13-20-21-22-23/h3-10,13H,2,11-12H2,1H3,(H,19,24). The van der Waals surface area contributed by atoms with Crippen LogP contribution in [0.3, 0.4) is 0 Å². The lowest BCUT2D eigenvalue weighted by molar-refractivity contribution is -0.120. The van der Waals surface area contributed by atoms with Crippen LogP contribution in [0.4, 0.5) is 0 Å². The fourth-order valence-electron chi connectivity index (χ4n) is 2.43. The SMILES string of the molecule is CCOc1ccccc1CNC(=O)Cc1ccc(-n2cnnn2)cc1. The van der Waals surface area contributed by atoms with Gasteiger partial charge >= 0.3 is 0 Å². The van der Waals surface area contributed by atoms with Gasteiger partial charge in [0.05, 0.1) is 18.7 Å². The molecule has 0 saturated heterocycles. The minimum atomic E-state index is -0.0403. The first-order valence-corrected chi connectivity index (χ1v) is 8.06. The molecule has 3 aromatic rings. The van der Waals surface area contributed by atoms with Crippen molar-refractivity contribution in [1.29, 1.82) is 0 Å². The lowest BCUT2D eigenvalue weighted by Gasteiger charge is -2.11. The fraction of sp³-hybridized carbons (Fsp3) is 0.222. The number of hydrogen-bond donors (Lipinski definition) is 1. The summed E-state index contributed by atoms with van der Waals surface area (Å²) in [6, 6.07) is 15.3. The zero-order valence-corrected chi connectivity index (χ0v) is 13.9. The van der Waals surface area contributed by atoms with Gasteiger partial charge < -0.3 is 10.1 Å². The van der Waals surface area contributed by atoms with E-state index >= 15 is 0 Å². The number of aromatic nitrogens is 4. The van der Waals surface area contributed by atoms with E-state index in [1.165, 1.54) is 6.33 Å². The van der Waals surface area contributed by atoms with Gasteiger partial charge in [-0.05, 0) is 41.1 Å². The van der Waals surface area contributed by atoms with Crippen molar-refractivity contribution in [3.8, 4) is 11.4 Å². The molecular weight excluding hydrogens is 318 g/mol. The number of rotatable bonds is 7. The van der Waals surface area contributed by atoms with Crippen molar-refractivity contribution in [2.75, 3.05) is 6.61 Å². The number of nitrogens with zero attached hydrogens (tertiary/aromatic N) is 4. The second-order valence-electron chi connectivity index (χ2n) is 5.42. The van der Waals surface area contributed by atoms with E-state index in [1.54, 1.807) is 4.68 Å². The summed E-state index contributed by atoms with van der Waals surface area (Å²) in [4.78, 5) is 12.2. The van der Waals surface area contributed by atoms with Crippen LogP contribution in [0.25, 0.3) is 5.69 Å². The van der Waals surface area contributed by atoms with Gasteiger partial charge in [0.2, 0.25) is 5.91 Å². The predicted octanol–water partition coefficient (Wildman–Crippen LogP) is 1.92. The Balaban J connectivity index is 1.56. The molecule has 0 spiro atoms. The van der Waals surface area contributed by atoms with Crippen LogP contribution in [0.5, 0.6) is 5.75 Å². The first-order valence-electron chi connectivity index (χ1n) is 8.06. The van der Waals surface area contributed by atoms with E-state index < -0.39 is 0 Å². The first kappa shape index (κ1) is 16.6. The number of nitrogens with one attached hydrogen (secondary N) is 1. The van der Waals surface area contributed by atoms with Gasteiger partial charge in [-0.15, -0.1) is 5.10 Å². The summed E-state index contributed by atoms with van der Waals surface area (Å²) in [6.45, 7) is 2.98. The number of ether oxygens (including phenoxy) is 1. The molecule has 1 aromatic heterocycles. The van der Waals surface area contributed by atoms with E-state index in [9.17, 15) is 4.79 Å². The Bertz CT molecular complexity index is 816. The third-order valence-corrected chi connectivity index (χ3v) is 3.66. The lowest BCUT2D eigenvalue weighted by Crippen LogP contribution is -2.24. The van der Waals surface area contributed by atoms with Crippen molar-refractivity contribution in [2.24, 2.45) is 0 Å². The van der Waals surface area contributed by atoms with Crippen LogP contribution >= 0.6 is 0 Å². The monoisotopic (exact) mass is 337 g/mol. The summed E-state index contributed by atoms with van der Waals surface area (Å²) >= 11 is 0. The molecule has 1 heterocycles. The van der Waals surface area contributed by atoms with Crippen LogP contribution in [0.1, 0.15) is 18.1 Å². The number of carbonyl (C=O) groups is 1. The second kappa shape index (κ2) is 8.05. The molecule has 0 bridgehead atoms. The van der Waals surface area contributed by atoms with Crippen LogP contribution in [-0.2, 0) is 17.8 Å². The molecule has 0 unspecified atom stereocenters. The predicted molar refractivity (Wildman–Crippen MR) is 92.3 cm³/mol. The highest BCUT2D eigenvalue weighted by Crippen LogP contribution is 2.17. The molecule has 2 aromatic carbocycles. The summed E-state index contributed by atoms with van der Waals surface area (Å²) in [5.74, 6) is 0.762. The molecule has 0 aliphatic rings. The molecule has 1 amide bonds. The average Bonchev–Trinajstić information content (AvgIpc) is 3.17. The summed E-state index contributed by atoms with van der Waals surface area (Å²) in [7, 11) is 0. The minimum absolute atomic E-state index is 0.0403. The maximum Gasteiger partial charge on any atom is 0.224 e. The summed E-state index contributed by atoms with van der Waals surface area (Å²) in [5, 5.41) is 14.0. The van der Waals surface area contributed by atoms with E-state index in [4.69, 9.17) is 4.74 Å². The van der Waals surface area contributed by atoms with E-state index in [0.717, 1.165) is 22.6 Å². The van der Waals surface area contributed by atoms with Crippen molar-refractivity contribution in [3.05, 3.63) is 66.0 Å². The van der Waals surface area contributed by atoms with Crippen molar-refractivity contribution in [2.45, 2.75) is 19.9 Å². The molecular formula is C18H19N5O2. The molecule has 128 valence electrons. The maximum atomic E-state index is 12.2. The van der Waals surface area contributed by atoms with E-state index in [0.29, 0.717) is 19.6 Å². The number of benzene rings is 2. The van der Waals surface area contributed by atoms with Crippen LogP contribution < -0.4 is 10.1 Å². The fourth-order valence-corrected chi connectivity index (χ4v) is 2.43. The lowest BCUT2D eigenvalue weighted by atomic mass is 10.1. The first-order chi connectivity index (χ1) is 12.3. The van der Waals surface area contributed by atoms with Crippen LogP contribution in [0.2, 0.25) is 0 Å². The molecule has 1 N–H and O–H groups in total. The van der Waals surface area contributed by atoms with Gasteiger partial charge in [0.1, 0.15) is 12.1 Å². The Hall–Kier alpha value is -3.22. The number of amides is 1. The molecule has 7 heteroatoms. The molecule has 7 nitrogen and oxygen atoms in total. The average molecular weight is 337 g/mol. The van der Waals surface area contributed by atoms with Gasteiger partial charge in [-0.25, -0.2) is 4.68 Å². The smallest absolute Gasteiger partial charge is 0.224 e. The quantitative estimate of drug-likeness (QED) is 0.712. The van der Waals surface area contributed by atoms with Gasteiger partial charge in [0.25, 0.3) is 0 Å². The van der Waals surface area contributed by atoms with E-state index in [-0.39, 0.29) is 5.91 Å². The molecule has 0 aliphatic heterocycles. The molecule has 0 aliphatic carbocycles. The Morgan fingerprint density at radius 1 is 1.16 bits per heavy atom. The second-order valence-corrected chi connectivity index (χ2v) is 5.42. The van der Waals surface area contributed by atoms with Crippen LogP contribution in [-0.4, -0.2) is 32.7 Å². The van der Waals surface area contributed by atoms with Crippen molar-refractivity contribution in [3.63, 3.8) is 0 Å². The maximum absolute atomic E-state index is 12.2. The number of hydrogen-bond acceptors (Lipinski definition) is 5. The van der Waals surface area contributed by atoms with E-state index in [2.05, 4.69) is 20.8 Å². The van der Waals surface area contributed by atoms with E-state index in [1.807, 2.05) is 55.5 Å². The molecule has 3 rings (SSSR count). The van der Waals surface area contributed by atoms with Gasteiger partial charge in [-0.1, -0.05) is 30.3 Å². The Morgan fingerprint density at radius 2 is 1.96 bits per heavy atom. The Morgan fingerprint density at radius 3 is 2.68 bits per heavy atom. The van der Waals surface area contributed by atoms with Gasteiger partial charge in [0.15, 0.2) is 0 Å². The number of para-hydroxylation sites is 1. The third kappa shape index (κ3) is 4.41. The highest BCUT2D eigenvalue weighted by atomic mass is 16.5. The van der Waals surface area contributed by atoms with Gasteiger partial charge in [-0.2, -0.15) is 0 Å². The van der Waals surface area contributed by atoms with Crippen molar-refractivity contribution >= 4 is 5.91 Å². The zero-order chi connectivity index (χ0) is 17.5. The number of carbonyl (C=O) groups excluding carboxylic acids is 1. The van der Waals surface area contributed by atoms with Crippen molar-refractivity contribution in [1.82, 2.24) is 25.5 Å². The molecule has 0 radical (unpaired) electrons. The highest BCUT2D eigenvalue weighted by molar-refractivity contribution is 5.78.